The van der Waals surface area contributed by atoms with Crippen molar-refractivity contribution in [3.05, 3.63) is 77.4 Å². The molecule has 4 aromatic rings. The first-order chi connectivity index (χ1) is 19.8. The van der Waals surface area contributed by atoms with Gasteiger partial charge in [0.2, 0.25) is 0 Å². The Morgan fingerprint density at radius 1 is 1.15 bits per heavy atom. The number of alkyl carbamates (subject to hydrolysis) is 1. The van der Waals surface area contributed by atoms with E-state index in [2.05, 4.69) is 55.7 Å². The smallest absolute Gasteiger partial charge is 0.408 e. The molecule has 4 heterocycles. The first kappa shape index (κ1) is 25.7. The van der Waals surface area contributed by atoms with E-state index < -0.39 is 5.60 Å². The maximum absolute atomic E-state index is 12.9. The van der Waals surface area contributed by atoms with Crippen molar-refractivity contribution < 1.29 is 9.53 Å². The molecule has 3 aromatic heterocycles. The van der Waals surface area contributed by atoms with Gasteiger partial charge in [-0.1, -0.05) is 30.3 Å². The highest BCUT2D eigenvalue weighted by atomic mass is 16.6. The van der Waals surface area contributed by atoms with Gasteiger partial charge >= 0.3 is 6.09 Å². The van der Waals surface area contributed by atoms with Crippen molar-refractivity contribution in [3.8, 4) is 0 Å². The normalized spacial score (nSPS) is 21.9. The molecule has 1 aromatic carbocycles. The van der Waals surface area contributed by atoms with Crippen LogP contribution in [0, 0.1) is 5.41 Å². The van der Waals surface area contributed by atoms with Gasteiger partial charge in [-0.05, 0) is 88.1 Å². The number of hydrogen-bond donors (Lipinski definition) is 2. The maximum atomic E-state index is 12.9. The van der Waals surface area contributed by atoms with E-state index in [0.717, 1.165) is 73.5 Å². The van der Waals surface area contributed by atoms with Crippen molar-refractivity contribution in [3.63, 3.8) is 0 Å². The standard InChI is InChI=1S/C32H35N7O2/c1-31(2,3)41-30(40)36-27-22-9-5-4-8-21(22)18-32(27)14-12-20(13-15-32)24-19-34-26-28(35-24)37-38-29(26)39-17-7-10-23-25(39)11-6-16-33-23/h4-6,8-9,11-12,16,19,27H,7,10,13-15,17-18H2,1-3H3,(H,36,40)(H,35,37,38)/t27-,32-/m1/s1. The Bertz CT molecular complexity index is 1670. The zero-order valence-electron chi connectivity index (χ0n) is 23.8. The second-order valence-electron chi connectivity index (χ2n) is 12.5. The van der Waals surface area contributed by atoms with Gasteiger partial charge in [-0.2, -0.15) is 5.10 Å². The van der Waals surface area contributed by atoms with Gasteiger partial charge in [-0.25, -0.2) is 14.8 Å². The molecule has 0 unspecified atom stereocenters. The average molecular weight is 550 g/mol. The average Bonchev–Trinajstić information content (AvgIpc) is 3.51. The fourth-order valence-electron chi connectivity index (χ4n) is 6.76. The lowest BCUT2D eigenvalue weighted by Gasteiger charge is -2.39. The largest absolute Gasteiger partial charge is 0.444 e. The maximum Gasteiger partial charge on any atom is 0.408 e. The zero-order valence-corrected chi connectivity index (χ0v) is 23.8. The SMILES string of the molecule is CC(C)(C)OC(=O)N[C@@H]1c2ccccc2C[C@]12CC=C(c1cnc3c(N4CCCc5ncccc54)n[nH]c3n1)CC2. The highest BCUT2D eigenvalue weighted by Crippen LogP contribution is 2.54. The summed E-state index contributed by atoms with van der Waals surface area (Å²) in [6, 6.07) is 12.4. The summed E-state index contributed by atoms with van der Waals surface area (Å²) in [7, 11) is 0. The molecule has 0 saturated carbocycles. The molecule has 1 aliphatic heterocycles. The van der Waals surface area contributed by atoms with E-state index in [4.69, 9.17) is 14.7 Å². The van der Waals surface area contributed by atoms with E-state index in [0.29, 0.717) is 5.65 Å². The van der Waals surface area contributed by atoms with Gasteiger partial charge in [0.15, 0.2) is 17.0 Å². The van der Waals surface area contributed by atoms with Crippen molar-refractivity contribution in [2.45, 2.75) is 70.9 Å². The van der Waals surface area contributed by atoms with Gasteiger partial charge < -0.3 is 15.0 Å². The zero-order chi connectivity index (χ0) is 28.2. The van der Waals surface area contributed by atoms with E-state index in [1.165, 1.54) is 16.7 Å². The first-order valence-corrected chi connectivity index (χ1v) is 14.5. The lowest BCUT2D eigenvalue weighted by Crippen LogP contribution is -2.42. The number of allylic oxidation sites excluding steroid dienone is 2. The molecular weight excluding hydrogens is 514 g/mol. The molecule has 0 fully saturated rings. The van der Waals surface area contributed by atoms with Gasteiger partial charge in [0.05, 0.1) is 29.3 Å². The number of pyridine rings is 1. The quantitative estimate of drug-likeness (QED) is 0.313. The molecule has 0 bridgehead atoms. The van der Waals surface area contributed by atoms with E-state index in [-0.39, 0.29) is 17.6 Å². The third-order valence-corrected chi connectivity index (χ3v) is 8.62. The van der Waals surface area contributed by atoms with Crippen LogP contribution in [0.1, 0.15) is 75.0 Å². The molecule has 9 nitrogen and oxygen atoms in total. The number of nitrogens with zero attached hydrogens (tertiary/aromatic N) is 5. The molecule has 2 aliphatic carbocycles. The molecule has 1 amide bonds. The predicted molar refractivity (Wildman–Crippen MR) is 158 cm³/mol. The summed E-state index contributed by atoms with van der Waals surface area (Å²) in [6.07, 6.45) is 11.2. The molecule has 210 valence electrons. The Balaban J connectivity index is 1.15. The number of fused-ring (bicyclic) bond motifs is 3. The fraction of sp³-hybridized carbons (Fsp3) is 0.406. The highest BCUT2D eigenvalue weighted by molar-refractivity contribution is 5.87. The number of ether oxygens (including phenoxy) is 1. The highest BCUT2D eigenvalue weighted by Gasteiger charge is 2.47. The van der Waals surface area contributed by atoms with Gasteiger partial charge in [0.25, 0.3) is 0 Å². The summed E-state index contributed by atoms with van der Waals surface area (Å²) in [4.78, 5) is 29.4. The van der Waals surface area contributed by atoms with Crippen molar-refractivity contribution in [2.24, 2.45) is 5.41 Å². The van der Waals surface area contributed by atoms with Crippen LogP contribution in [-0.4, -0.2) is 43.4 Å². The van der Waals surface area contributed by atoms with Crippen LogP contribution in [0.15, 0.2) is 54.9 Å². The molecule has 2 atom stereocenters. The lowest BCUT2D eigenvalue weighted by atomic mass is 9.70. The van der Waals surface area contributed by atoms with E-state index in [1.807, 2.05) is 45.3 Å². The summed E-state index contributed by atoms with van der Waals surface area (Å²) >= 11 is 0. The number of amides is 1. The number of hydrogen-bond acceptors (Lipinski definition) is 7. The summed E-state index contributed by atoms with van der Waals surface area (Å²) in [5.41, 5.74) is 7.53. The van der Waals surface area contributed by atoms with Gasteiger partial charge in [0.1, 0.15) is 5.60 Å². The third kappa shape index (κ3) is 4.63. The van der Waals surface area contributed by atoms with Crippen molar-refractivity contribution in [1.29, 1.82) is 0 Å². The number of H-pyrrole nitrogens is 1. The van der Waals surface area contributed by atoms with E-state index >= 15 is 0 Å². The number of rotatable bonds is 3. The number of aryl methyl sites for hydroxylation is 1. The number of benzene rings is 1. The topological polar surface area (TPSA) is 109 Å². The number of aromatic nitrogens is 5. The number of anilines is 2. The summed E-state index contributed by atoms with van der Waals surface area (Å²) in [5.74, 6) is 0.796. The van der Waals surface area contributed by atoms with Crippen LogP contribution < -0.4 is 10.2 Å². The minimum atomic E-state index is -0.548. The van der Waals surface area contributed by atoms with Crippen molar-refractivity contribution in [1.82, 2.24) is 30.5 Å². The Hall–Kier alpha value is -4.27. The monoisotopic (exact) mass is 549 g/mol. The van der Waals surface area contributed by atoms with Crippen LogP contribution in [0.25, 0.3) is 16.7 Å². The molecule has 0 radical (unpaired) electrons. The van der Waals surface area contributed by atoms with Gasteiger partial charge in [-0.15, -0.1) is 0 Å². The molecule has 41 heavy (non-hydrogen) atoms. The van der Waals surface area contributed by atoms with Crippen LogP contribution in [0.3, 0.4) is 0 Å². The molecule has 2 N–H and O–H groups in total. The Kier molecular flexibility index (Phi) is 6.06. The molecule has 1 spiro atoms. The minimum absolute atomic E-state index is 0.0987. The summed E-state index contributed by atoms with van der Waals surface area (Å²) in [5, 5.41) is 11.0. The van der Waals surface area contributed by atoms with Gasteiger partial charge in [-0.3, -0.25) is 10.1 Å². The minimum Gasteiger partial charge on any atom is -0.444 e. The van der Waals surface area contributed by atoms with Crippen molar-refractivity contribution >= 4 is 34.3 Å². The van der Waals surface area contributed by atoms with Crippen LogP contribution >= 0.6 is 0 Å². The van der Waals surface area contributed by atoms with Crippen LogP contribution in [0.5, 0.6) is 0 Å². The molecule has 7 rings (SSSR count). The van der Waals surface area contributed by atoms with Gasteiger partial charge in [0, 0.05) is 18.2 Å². The third-order valence-electron chi connectivity index (χ3n) is 8.62. The van der Waals surface area contributed by atoms with Crippen LogP contribution in [0.2, 0.25) is 0 Å². The Labute approximate surface area is 239 Å². The lowest BCUT2D eigenvalue weighted by molar-refractivity contribution is 0.0442. The van der Waals surface area contributed by atoms with E-state index in [1.54, 1.807) is 0 Å². The fourth-order valence-corrected chi connectivity index (χ4v) is 6.76. The predicted octanol–water partition coefficient (Wildman–Crippen LogP) is 6.21. The number of nitrogens with one attached hydrogen (secondary N) is 2. The van der Waals surface area contributed by atoms with Crippen molar-refractivity contribution in [2.75, 3.05) is 11.4 Å². The van der Waals surface area contributed by atoms with E-state index in [9.17, 15) is 4.79 Å². The number of carbonyl (C=O) groups excluding carboxylic acids is 1. The second kappa shape index (κ2) is 9.68. The Morgan fingerprint density at radius 3 is 2.85 bits per heavy atom. The van der Waals surface area contributed by atoms with Crippen LogP contribution in [-0.2, 0) is 17.6 Å². The first-order valence-electron chi connectivity index (χ1n) is 14.5. The molecule has 0 saturated heterocycles. The number of carbonyl (C=O) groups is 1. The second-order valence-corrected chi connectivity index (χ2v) is 12.5. The number of aromatic amines is 1. The molecule has 9 heteroatoms. The summed E-state index contributed by atoms with van der Waals surface area (Å²) in [6.45, 7) is 6.55. The Morgan fingerprint density at radius 2 is 2.02 bits per heavy atom. The summed E-state index contributed by atoms with van der Waals surface area (Å²) < 4.78 is 5.65. The van der Waals surface area contributed by atoms with Crippen LogP contribution in [0.4, 0.5) is 16.3 Å². The molecule has 3 aliphatic rings. The molecular formula is C32H35N7O2.